The highest BCUT2D eigenvalue weighted by Crippen LogP contribution is 2.22. The standard InChI is InChI=1S/C14H12N4O2S/c1-7-4-3-5-9(8(7)2)17-14(20)12-10-11(18-21-12)13(19)16-6-15-10/h3-6H,1-2H3,(H,17,20)(H,15,16,19). The number of aromatic nitrogens is 3. The van der Waals surface area contributed by atoms with Gasteiger partial charge < -0.3 is 10.3 Å². The highest BCUT2D eigenvalue weighted by atomic mass is 32.1. The van der Waals surface area contributed by atoms with Gasteiger partial charge in [0.2, 0.25) is 0 Å². The Balaban J connectivity index is 2.00. The summed E-state index contributed by atoms with van der Waals surface area (Å²) >= 11 is 0.970. The topological polar surface area (TPSA) is 87.7 Å². The van der Waals surface area contributed by atoms with Crippen molar-refractivity contribution in [3.05, 3.63) is 50.9 Å². The van der Waals surface area contributed by atoms with Gasteiger partial charge in [0.1, 0.15) is 10.4 Å². The highest BCUT2D eigenvalue weighted by Gasteiger charge is 2.18. The van der Waals surface area contributed by atoms with Gasteiger partial charge in [-0.1, -0.05) is 12.1 Å². The Morgan fingerprint density at radius 2 is 2.10 bits per heavy atom. The van der Waals surface area contributed by atoms with E-state index in [0.717, 1.165) is 28.3 Å². The summed E-state index contributed by atoms with van der Waals surface area (Å²) in [6.07, 6.45) is 1.27. The van der Waals surface area contributed by atoms with Gasteiger partial charge in [0, 0.05) is 5.69 Å². The zero-order valence-corrected chi connectivity index (χ0v) is 12.2. The fraction of sp³-hybridized carbons (Fsp3) is 0.143. The number of hydrogen-bond donors (Lipinski definition) is 2. The second kappa shape index (κ2) is 5.10. The van der Waals surface area contributed by atoms with Crippen LogP contribution in [0.5, 0.6) is 0 Å². The summed E-state index contributed by atoms with van der Waals surface area (Å²) in [7, 11) is 0. The summed E-state index contributed by atoms with van der Waals surface area (Å²) in [6.45, 7) is 3.92. The summed E-state index contributed by atoms with van der Waals surface area (Å²) in [4.78, 5) is 30.8. The monoisotopic (exact) mass is 300 g/mol. The number of carbonyl (C=O) groups is 1. The lowest BCUT2D eigenvalue weighted by molar-refractivity contribution is 0.103. The van der Waals surface area contributed by atoms with E-state index in [1.165, 1.54) is 6.33 Å². The molecule has 3 rings (SSSR count). The zero-order valence-electron chi connectivity index (χ0n) is 11.4. The first kappa shape index (κ1) is 13.4. The number of aryl methyl sites for hydroxylation is 1. The van der Waals surface area contributed by atoms with E-state index < -0.39 is 0 Å². The molecular formula is C14H12N4O2S. The van der Waals surface area contributed by atoms with E-state index in [-0.39, 0.29) is 17.0 Å². The van der Waals surface area contributed by atoms with Crippen molar-refractivity contribution in [3.63, 3.8) is 0 Å². The van der Waals surface area contributed by atoms with Gasteiger partial charge in [-0.2, -0.15) is 4.37 Å². The molecule has 2 aromatic heterocycles. The molecule has 106 valence electrons. The number of nitrogens with zero attached hydrogens (tertiary/aromatic N) is 2. The molecule has 7 heteroatoms. The lowest BCUT2D eigenvalue weighted by Gasteiger charge is -2.09. The number of aromatic amines is 1. The first-order chi connectivity index (χ1) is 10.1. The molecule has 2 heterocycles. The predicted molar refractivity (Wildman–Crippen MR) is 81.9 cm³/mol. The summed E-state index contributed by atoms with van der Waals surface area (Å²) in [5.74, 6) is -0.311. The third kappa shape index (κ3) is 2.31. The average molecular weight is 300 g/mol. The van der Waals surface area contributed by atoms with Crippen molar-refractivity contribution in [1.82, 2.24) is 14.3 Å². The molecule has 0 bridgehead atoms. The molecule has 6 nitrogen and oxygen atoms in total. The maximum absolute atomic E-state index is 12.4. The van der Waals surface area contributed by atoms with Gasteiger partial charge >= 0.3 is 0 Å². The van der Waals surface area contributed by atoms with E-state index in [4.69, 9.17) is 0 Å². The fourth-order valence-corrected chi connectivity index (χ4v) is 2.71. The number of nitrogens with one attached hydrogen (secondary N) is 2. The van der Waals surface area contributed by atoms with E-state index in [1.54, 1.807) is 0 Å². The van der Waals surface area contributed by atoms with Crippen molar-refractivity contribution in [3.8, 4) is 0 Å². The van der Waals surface area contributed by atoms with Crippen LogP contribution in [0, 0.1) is 13.8 Å². The van der Waals surface area contributed by atoms with E-state index in [2.05, 4.69) is 19.7 Å². The van der Waals surface area contributed by atoms with Gasteiger partial charge in [-0.05, 0) is 42.6 Å². The second-order valence-corrected chi connectivity index (χ2v) is 5.42. The van der Waals surface area contributed by atoms with Gasteiger partial charge in [0.05, 0.1) is 6.33 Å². The number of benzene rings is 1. The summed E-state index contributed by atoms with van der Waals surface area (Å²) in [5, 5.41) is 2.84. The molecule has 0 spiro atoms. The van der Waals surface area contributed by atoms with Crippen LogP contribution in [0.15, 0.2) is 29.3 Å². The number of anilines is 1. The normalized spacial score (nSPS) is 10.8. The second-order valence-electron chi connectivity index (χ2n) is 4.64. The minimum atomic E-state index is -0.345. The van der Waals surface area contributed by atoms with Crippen LogP contribution in [0.1, 0.15) is 20.8 Å². The number of rotatable bonds is 2. The molecule has 0 aliphatic rings. The smallest absolute Gasteiger partial charge is 0.278 e. The van der Waals surface area contributed by atoms with Crippen LogP contribution in [0.4, 0.5) is 5.69 Å². The van der Waals surface area contributed by atoms with Gasteiger partial charge in [0.15, 0.2) is 5.52 Å². The van der Waals surface area contributed by atoms with Gasteiger partial charge in [-0.15, -0.1) is 0 Å². The minimum absolute atomic E-state index is 0.189. The summed E-state index contributed by atoms with van der Waals surface area (Å²) < 4.78 is 4.00. The number of hydrogen-bond acceptors (Lipinski definition) is 5. The van der Waals surface area contributed by atoms with Crippen molar-refractivity contribution in [2.24, 2.45) is 0 Å². The van der Waals surface area contributed by atoms with Crippen LogP contribution in [0.25, 0.3) is 11.0 Å². The number of carbonyl (C=O) groups excluding carboxylic acids is 1. The Bertz CT molecular complexity index is 897. The Morgan fingerprint density at radius 1 is 1.29 bits per heavy atom. The molecule has 0 saturated carbocycles. The van der Waals surface area contributed by atoms with Crippen LogP contribution in [0.3, 0.4) is 0 Å². The molecular weight excluding hydrogens is 288 g/mol. The van der Waals surface area contributed by atoms with Crippen LogP contribution >= 0.6 is 11.5 Å². The Kier molecular flexibility index (Phi) is 3.26. The lowest BCUT2D eigenvalue weighted by Crippen LogP contribution is -2.13. The van der Waals surface area contributed by atoms with Crippen molar-refractivity contribution in [1.29, 1.82) is 0 Å². The van der Waals surface area contributed by atoms with Crippen molar-refractivity contribution in [2.75, 3.05) is 5.32 Å². The lowest BCUT2D eigenvalue weighted by atomic mass is 10.1. The molecule has 0 radical (unpaired) electrons. The van der Waals surface area contributed by atoms with E-state index in [9.17, 15) is 9.59 Å². The SMILES string of the molecule is Cc1cccc(NC(=O)c2snc3c(=O)[nH]cnc23)c1C. The van der Waals surface area contributed by atoms with Crippen LogP contribution in [-0.2, 0) is 0 Å². The molecule has 0 unspecified atom stereocenters. The molecule has 1 amide bonds. The van der Waals surface area contributed by atoms with E-state index in [1.807, 2.05) is 32.0 Å². The molecule has 0 fully saturated rings. The van der Waals surface area contributed by atoms with Gasteiger partial charge in [-0.3, -0.25) is 9.59 Å². The number of H-pyrrole nitrogens is 1. The number of amides is 1. The zero-order chi connectivity index (χ0) is 15.0. The van der Waals surface area contributed by atoms with Crippen molar-refractivity contribution >= 4 is 34.2 Å². The summed E-state index contributed by atoms with van der Waals surface area (Å²) in [6, 6.07) is 5.70. The third-order valence-corrected chi connectivity index (χ3v) is 4.17. The van der Waals surface area contributed by atoms with Crippen LogP contribution < -0.4 is 10.9 Å². The molecule has 1 aromatic carbocycles. The molecule has 3 aromatic rings. The van der Waals surface area contributed by atoms with Crippen molar-refractivity contribution in [2.45, 2.75) is 13.8 Å². The molecule has 21 heavy (non-hydrogen) atoms. The molecule has 0 saturated heterocycles. The number of fused-ring (bicyclic) bond motifs is 1. The molecule has 2 N–H and O–H groups in total. The van der Waals surface area contributed by atoms with E-state index in [0.29, 0.717) is 10.4 Å². The first-order valence-electron chi connectivity index (χ1n) is 6.28. The Morgan fingerprint density at radius 3 is 2.90 bits per heavy atom. The maximum atomic E-state index is 12.4. The Labute approximate surface area is 124 Å². The highest BCUT2D eigenvalue weighted by molar-refractivity contribution is 7.09. The van der Waals surface area contributed by atoms with Gasteiger partial charge in [-0.25, -0.2) is 4.98 Å². The quantitative estimate of drug-likeness (QED) is 0.760. The summed E-state index contributed by atoms with van der Waals surface area (Å²) in [5.41, 5.74) is 3.01. The van der Waals surface area contributed by atoms with Crippen molar-refractivity contribution < 1.29 is 4.79 Å². The Hall–Kier alpha value is -2.54. The van der Waals surface area contributed by atoms with Gasteiger partial charge in [0.25, 0.3) is 11.5 Å². The largest absolute Gasteiger partial charge is 0.321 e. The van der Waals surface area contributed by atoms with Crippen LogP contribution in [0.2, 0.25) is 0 Å². The van der Waals surface area contributed by atoms with Crippen LogP contribution in [-0.4, -0.2) is 20.2 Å². The first-order valence-corrected chi connectivity index (χ1v) is 7.06. The fourth-order valence-electron chi connectivity index (χ4n) is 1.99. The molecule has 0 aliphatic carbocycles. The van der Waals surface area contributed by atoms with E-state index >= 15 is 0 Å². The molecule has 0 atom stereocenters. The predicted octanol–water partition coefficient (Wildman–Crippen LogP) is 2.25. The average Bonchev–Trinajstić information content (AvgIpc) is 2.89. The minimum Gasteiger partial charge on any atom is -0.321 e. The third-order valence-electron chi connectivity index (χ3n) is 3.33. The maximum Gasteiger partial charge on any atom is 0.278 e. The molecule has 0 aliphatic heterocycles.